The number of hydrogen-bond donors (Lipinski definition) is 1. The van der Waals surface area contributed by atoms with Crippen LogP contribution in [0.1, 0.15) is 20.3 Å². The smallest absolute Gasteiger partial charge is 0.123 e. The predicted molar refractivity (Wildman–Crippen MR) is 58.6 cm³/mol. The Morgan fingerprint density at radius 2 is 2.00 bits per heavy atom. The van der Waals surface area contributed by atoms with Crippen LogP contribution in [0.5, 0.6) is 0 Å². The number of anilines is 1. The molecule has 0 aromatic heterocycles. The summed E-state index contributed by atoms with van der Waals surface area (Å²) in [6.07, 6.45) is 3.38. The van der Waals surface area contributed by atoms with Gasteiger partial charge in [-0.1, -0.05) is 20.3 Å². The van der Waals surface area contributed by atoms with Crippen molar-refractivity contribution in [2.75, 3.05) is 11.9 Å². The highest BCUT2D eigenvalue weighted by atomic mass is 19.1. The maximum absolute atomic E-state index is 12.6. The average molecular weight is 194 g/mol. The van der Waals surface area contributed by atoms with Crippen molar-refractivity contribution < 1.29 is 4.39 Å². The van der Waals surface area contributed by atoms with Gasteiger partial charge in [-0.05, 0) is 36.6 Å². The van der Waals surface area contributed by atoms with E-state index in [0.717, 1.165) is 18.7 Å². The first-order valence-electron chi connectivity index (χ1n) is 5.05. The summed E-state index contributed by atoms with van der Waals surface area (Å²) in [4.78, 5) is 0. The molecule has 0 bridgehead atoms. The average Bonchev–Trinajstić information content (AvgIpc) is 2.21. The van der Waals surface area contributed by atoms with Gasteiger partial charge in [0.25, 0.3) is 0 Å². The Morgan fingerprint density at radius 3 is 2.57 bits per heavy atom. The van der Waals surface area contributed by atoms with E-state index in [2.05, 4.69) is 25.6 Å². The van der Waals surface area contributed by atoms with Crippen LogP contribution in [0.25, 0.3) is 0 Å². The van der Waals surface area contributed by atoms with Crippen LogP contribution < -0.4 is 5.32 Å². The fourth-order valence-electron chi connectivity index (χ4n) is 1.11. The molecule has 0 saturated heterocycles. The van der Waals surface area contributed by atoms with Gasteiger partial charge in [0, 0.05) is 12.2 Å². The summed E-state index contributed by atoms with van der Waals surface area (Å²) in [6.45, 7) is 5.19. The van der Waals surface area contributed by atoms with E-state index < -0.39 is 0 Å². The highest BCUT2D eigenvalue weighted by molar-refractivity contribution is 5.43. The highest BCUT2D eigenvalue weighted by Gasteiger charge is 1.98. The van der Waals surface area contributed by atoms with E-state index in [-0.39, 0.29) is 5.82 Å². The van der Waals surface area contributed by atoms with Gasteiger partial charge in [0.05, 0.1) is 0 Å². The van der Waals surface area contributed by atoms with Crippen molar-refractivity contribution in [1.29, 1.82) is 0 Å². The molecule has 0 spiro atoms. The zero-order valence-corrected chi connectivity index (χ0v) is 8.76. The quantitative estimate of drug-likeness (QED) is 0.756. The Bertz CT molecular complexity index is 256. The van der Waals surface area contributed by atoms with Gasteiger partial charge in [0.2, 0.25) is 0 Å². The molecular weight excluding hydrogens is 177 g/mol. The Kier molecular flexibility index (Phi) is 4.44. The molecule has 0 fully saturated rings. The van der Waals surface area contributed by atoms with Crippen molar-refractivity contribution in [1.82, 2.24) is 0 Å². The Balaban J connectivity index is 2.28. The van der Waals surface area contributed by atoms with E-state index in [1.165, 1.54) is 12.1 Å². The molecule has 1 aromatic rings. The van der Waals surface area contributed by atoms with Crippen molar-refractivity contribution in [2.24, 2.45) is 5.92 Å². The molecule has 2 heteroatoms. The Hall–Kier alpha value is -1.05. The topological polar surface area (TPSA) is 12.0 Å². The first-order chi connectivity index (χ1) is 6.72. The summed E-state index contributed by atoms with van der Waals surface area (Å²) < 4.78 is 12.6. The van der Waals surface area contributed by atoms with Gasteiger partial charge in [0.15, 0.2) is 0 Å². The number of hydrogen-bond acceptors (Lipinski definition) is 1. The van der Waals surface area contributed by atoms with Crippen LogP contribution in [0.15, 0.2) is 24.3 Å². The van der Waals surface area contributed by atoms with Crippen molar-refractivity contribution in [3.8, 4) is 0 Å². The van der Waals surface area contributed by atoms with E-state index in [4.69, 9.17) is 0 Å². The molecule has 0 amide bonds. The lowest BCUT2D eigenvalue weighted by molar-refractivity contribution is 0.627. The van der Waals surface area contributed by atoms with Gasteiger partial charge in [-0.2, -0.15) is 0 Å². The minimum atomic E-state index is -0.193. The van der Waals surface area contributed by atoms with Gasteiger partial charge in [-0.15, -0.1) is 0 Å². The van der Waals surface area contributed by atoms with Crippen LogP contribution in [0.4, 0.5) is 10.1 Å². The van der Waals surface area contributed by atoms with E-state index >= 15 is 0 Å². The van der Waals surface area contributed by atoms with Crippen LogP contribution in [0.3, 0.4) is 0 Å². The summed E-state index contributed by atoms with van der Waals surface area (Å²) >= 11 is 0. The molecule has 1 rings (SSSR count). The van der Waals surface area contributed by atoms with Crippen molar-refractivity contribution in [3.05, 3.63) is 36.5 Å². The molecule has 1 radical (unpaired) electrons. The summed E-state index contributed by atoms with van der Waals surface area (Å²) in [6, 6.07) is 6.43. The standard InChI is InChI=1S/C12H17FN/c1-3-10(2)8-9-14-12-6-4-11(13)5-7-12/h4-8,10,14H,3,9H2,1-2H3. The first kappa shape index (κ1) is 11.0. The number of halogens is 1. The predicted octanol–water partition coefficient (Wildman–Crippen LogP) is 3.49. The summed E-state index contributed by atoms with van der Waals surface area (Å²) in [7, 11) is 0. The van der Waals surface area contributed by atoms with Crippen LogP contribution in [0.2, 0.25) is 0 Å². The number of rotatable bonds is 5. The third-order valence-corrected chi connectivity index (χ3v) is 2.31. The van der Waals surface area contributed by atoms with Crippen molar-refractivity contribution in [3.63, 3.8) is 0 Å². The molecule has 0 heterocycles. The van der Waals surface area contributed by atoms with Crippen LogP contribution in [0, 0.1) is 18.2 Å². The van der Waals surface area contributed by atoms with E-state index in [9.17, 15) is 4.39 Å². The van der Waals surface area contributed by atoms with E-state index in [1.807, 2.05) is 0 Å². The Morgan fingerprint density at radius 1 is 1.36 bits per heavy atom. The molecule has 0 aliphatic rings. The molecule has 77 valence electrons. The minimum absolute atomic E-state index is 0.193. The Labute approximate surface area is 85.3 Å². The van der Waals surface area contributed by atoms with E-state index in [1.54, 1.807) is 12.1 Å². The molecule has 1 aromatic carbocycles. The van der Waals surface area contributed by atoms with Gasteiger partial charge in [-0.3, -0.25) is 0 Å². The lowest BCUT2D eigenvalue weighted by Gasteiger charge is -2.09. The normalized spacial score (nSPS) is 12.5. The molecule has 1 unspecified atom stereocenters. The maximum Gasteiger partial charge on any atom is 0.123 e. The number of benzene rings is 1. The molecule has 1 atom stereocenters. The highest BCUT2D eigenvalue weighted by Crippen LogP contribution is 2.10. The van der Waals surface area contributed by atoms with Gasteiger partial charge in [0.1, 0.15) is 5.82 Å². The summed E-state index contributed by atoms with van der Waals surface area (Å²) in [5.41, 5.74) is 0.964. The summed E-state index contributed by atoms with van der Waals surface area (Å²) in [5, 5.41) is 3.21. The summed E-state index contributed by atoms with van der Waals surface area (Å²) in [5.74, 6) is 0.435. The minimum Gasteiger partial charge on any atom is -0.385 e. The van der Waals surface area contributed by atoms with Crippen LogP contribution >= 0.6 is 0 Å². The van der Waals surface area contributed by atoms with E-state index in [0.29, 0.717) is 5.92 Å². The number of nitrogens with one attached hydrogen (secondary N) is 1. The van der Waals surface area contributed by atoms with Gasteiger partial charge in [-0.25, -0.2) is 4.39 Å². The first-order valence-corrected chi connectivity index (χ1v) is 5.05. The lowest BCUT2D eigenvalue weighted by atomic mass is 10.1. The van der Waals surface area contributed by atoms with Gasteiger partial charge >= 0.3 is 0 Å². The molecule has 1 N–H and O–H groups in total. The molecule has 1 nitrogen and oxygen atoms in total. The monoisotopic (exact) mass is 194 g/mol. The lowest BCUT2D eigenvalue weighted by Crippen LogP contribution is -2.06. The second-order valence-electron chi connectivity index (χ2n) is 3.51. The third kappa shape index (κ3) is 3.77. The third-order valence-electron chi connectivity index (χ3n) is 2.31. The largest absolute Gasteiger partial charge is 0.385 e. The fraction of sp³-hybridized carbons (Fsp3) is 0.417. The SMILES string of the molecule is CCC(C)[CH]CNc1ccc(F)cc1. The second-order valence-corrected chi connectivity index (χ2v) is 3.51. The zero-order valence-electron chi connectivity index (χ0n) is 8.76. The molecule has 0 saturated carbocycles. The molecule has 14 heavy (non-hydrogen) atoms. The zero-order chi connectivity index (χ0) is 10.4. The maximum atomic E-state index is 12.6. The van der Waals surface area contributed by atoms with Crippen LogP contribution in [-0.4, -0.2) is 6.54 Å². The molecule has 0 aliphatic heterocycles. The second kappa shape index (κ2) is 5.63. The molecular formula is C12H17FN. The van der Waals surface area contributed by atoms with Crippen LogP contribution in [-0.2, 0) is 0 Å². The fourth-order valence-corrected chi connectivity index (χ4v) is 1.11. The van der Waals surface area contributed by atoms with Crippen molar-refractivity contribution >= 4 is 5.69 Å². The van der Waals surface area contributed by atoms with Crippen molar-refractivity contribution in [2.45, 2.75) is 20.3 Å². The molecule has 0 aliphatic carbocycles. The van der Waals surface area contributed by atoms with Gasteiger partial charge < -0.3 is 5.32 Å².